The standard InChI is InChI=1S/C19H23N3O4S/c1-13(17(23)20-12-16-7-4-9-26-16)22-8-10-27-19(22)21-18(24)14-5-3-6-15(11-14)25-2/h3,5-6,8,10-11,13,16H,4,7,9,12H2,1-2H3,(H,20,23)/t13-,16-/m1/s1. The number of nitrogens with one attached hydrogen (secondary N) is 1. The van der Waals surface area contributed by atoms with Crippen LogP contribution < -0.4 is 14.9 Å². The van der Waals surface area contributed by atoms with E-state index in [0.29, 0.717) is 22.7 Å². The number of benzene rings is 1. The minimum Gasteiger partial charge on any atom is -0.497 e. The summed E-state index contributed by atoms with van der Waals surface area (Å²) in [5.41, 5.74) is 0.435. The number of hydrogen-bond donors (Lipinski definition) is 1. The van der Waals surface area contributed by atoms with Crippen LogP contribution in [0.25, 0.3) is 0 Å². The Balaban J connectivity index is 1.72. The Morgan fingerprint density at radius 2 is 2.33 bits per heavy atom. The first kappa shape index (κ1) is 19.3. The van der Waals surface area contributed by atoms with E-state index in [1.165, 1.54) is 11.3 Å². The Bertz CT molecular complexity index is 868. The molecule has 1 fully saturated rings. The van der Waals surface area contributed by atoms with Gasteiger partial charge in [0.15, 0.2) is 4.80 Å². The fourth-order valence-electron chi connectivity index (χ4n) is 2.86. The van der Waals surface area contributed by atoms with E-state index in [4.69, 9.17) is 9.47 Å². The number of hydrogen-bond acceptors (Lipinski definition) is 5. The molecule has 1 saturated heterocycles. The maximum absolute atomic E-state index is 12.5. The van der Waals surface area contributed by atoms with Gasteiger partial charge in [0, 0.05) is 30.3 Å². The fraction of sp³-hybridized carbons (Fsp3) is 0.421. The lowest BCUT2D eigenvalue weighted by Crippen LogP contribution is -2.38. The molecule has 2 atom stereocenters. The molecule has 2 heterocycles. The Hall–Kier alpha value is -2.45. The van der Waals surface area contributed by atoms with Crippen molar-refractivity contribution in [1.29, 1.82) is 0 Å². The van der Waals surface area contributed by atoms with Crippen LogP contribution in [0.3, 0.4) is 0 Å². The van der Waals surface area contributed by atoms with Gasteiger partial charge in [0.1, 0.15) is 11.8 Å². The van der Waals surface area contributed by atoms with E-state index < -0.39 is 6.04 Å². The molecule has 2 amide bonds. The molecule has 3 rings (SSSR count). The largest absolute Gasteiger partial charge is 0.497 e. The molecule has 1 N–H and O–H groups in total. The van der Waals surface area contributed by atoms with Crippen molar-refractivity contribution in [3.8, 4) is 5.75 Å². The van der Waals surface area contributed by atoms with Crippen molar-refractivity contribution < 1.29 is 19.1 Å². The number of carbonyl (C=O) groups is 2. The first-order chi connectivity index (χ1) is 13.1. The van der Waals surface area contributed by atoms with E-state index in [2.05, 4.69) is 10.3 Å². The van der Waals surface area contributed by atoms with Crippen LogP contribution in [0.2, 0.25) is 0 Å². The first-order valence-corrected chi connectivity index (χ1v) is 9.74. The molecule has 144 valence electrons. The summed E-state index contributed by atoms with van der Waals surface area (Å²) in [5.74, 6) is 0.0910. The van der Waals surface area contributed by atoms with Crippen molar-refractivity contribution in [1.82, 2.24) is 9.88 Å². The van der Waals surface area contributed by atoms with Gasteiger partial charge in [-0.2, -0.15) is 4.99 Å². The highest BCUT2D eigenvalue weighted by atomic mass is 32.1. The molecule has 8 heteroatoms. The number of methoxy groups -OCH3 is 1. The van der Waals surface area contributed by atoms with Crippen LogP contribution in [0.4, 0.5) is 0 Å². The van der Waals surface area contributed by atoms with Crippen molar-refractivity contribution >= 4 is 23.2 Å². The van der Waals surface area contributed by atoms with Crippen LogP contribution in [0, 0.1) is 0 Å². The number of ether oxygens (including phenoxy) is 2. The molecular formula is C19H23N3O4S. The van der Waals surface area contributed by atoms with E-state index in [0.717, 1.165) is 19.4 Å². The molecule has 0 unspecified atom stereocenters. The van der Waals surface area contributed by atoms with Gasteiger partial charge in [-0.1, -0.05) is 6.07 Å². The molecule has 0 spiro atoms. The maximum atomic E-state index is 12.5. The zero-order valence-electron chi connectivity index (χ0n) is 15.4. The zero-order valence-corrected chi connectivity index (χ0v) is 16.2. The Kier molecular flexibility index (Phi) is 6.41. The highest BCUT2D eigenvalue weighted by molar-refractivity contribution is 7.07. The normalized spacial score (nSPS) is 18.3. The van der Waals surface area contributed by atoms with Gasteiger partial charge >= 0.3 is 0 Å². The van der Waals surface area contributed by atoms with Crippen LogP contribution in [0.15, 0.2) is 40.8 Å². The molecule has 0 aliphatic carbocycles. The Morgan fingerprint density at radius 1 is 1.48 bits per heavy atom. The molecule has 0 saturated carbocycles. The van der Waals surface area contributed by atoms with Crippen molar-refractivity contribution in [2.24, 2.45) is 4.99 Å². The summed E-state index contributed by atoms with van der Waals surface area (Å²) >= 11 is 1.31. The molecule has 1 aliphatic rings. The topological polar surface area (TPSA) is 81.9 Å². The molecule has 1 aromatic heterocycles. The van der Waals surface area contributed by atoms with Crippen molar-refractivity contribution in [3.05, 3.63) is 46.2 Å². The summed E-state index contributed by atoms with van der Waals surface area (Å²) in [6.45, 7) is 3.04. The van der Waals surface area contributed by atoms with Gasteiger partial charge in [-0.05, 0) is 38.0 Å². The van der Waals surface area contributed by atoms with Gasteiger partial charge in [-0.3, -0.25) is 9.59 Å². The van der Waals surface area contributed by atoms with E-state index >= 15 is 0 Å². The molecule has 1 aromatic carbocycles. The number of rotatable bonds is 6. The molecule has 7 nitrogen and oxygen atoms in total. The zero-order chi connectivity index (χ0) is 19.2. The Labute approximate surface area is 161 Å². The van der Waals surface area contributed by atoms with E-state index in [1.807, 2.05) is 5.38 Å². The number of carbonyl (C=O) groups excluding carboxylic acids is 2. The van der Waals surface area contributed by atoms with Crippen LogP contribution in [-0.2, 0) is 9.53 Å². The van der Waals surface area contributed by atoms with Crippen molar-refractivity contribution in [2.45, 2.75) is 31.9 Å². The summed E-state index contributed by atoms with van der Waals surface area (Å²) in [6.07, 6.45) is 3.85. The summed E-state index contributed by atoms with van der Waals surface area (Å²) < 4.78 is 12.4. The summed E-state index contributed by atoms with van der Waals surface area (Å²) in [5, 5.41) is 4.72. The minimum absolute atomic E-state index is 0.0902. The van der Waals surface area contributed by atoms with Gasteiger partial charge in [-0.25, -0.2) is 0 Å². The Morgan fingerprint density at radius 3 is 3.07 bits per heavy atom. The lowest BCUT2D eigenvalue weighted by Gasteiger charge is -2.16. The first-order valence-electron chi connectivity index (χ1n) is 8.86. The highest BCUT2D eigenvalue weighted by Crippen LogP contribution is 2.14. The van der Waals surface area contributed by atoms with Crippen LogP contribution in [-0.4, -0.2) is 42.7 Å². The average molecular weight is 389 g/mol. The van der Waals surface area contributed by atoms with Crippen molar-refractivity contribution in [3.63, 3.8) is 0 Å². The van der Waals surface area contributed by atoms with E-state index in [-0.39, 0.29) is 17.9 Å². The van der Waals surface area contributed by atoms with Gasteiger partial charge < -0.3 is 19.4 Å². The summed E-state index contributed by atoms with van der Waals surface area (Å²) in [7, 11) is 1.55. The van der Waals surface area contributed by atoms with Gasteiger partial charge in [0.25, 0.3) is 5.91 Å². The maximum Gasteiger partial charge on any atom is 0.279 e. The molecule has 27 heavy (non-hydrogen) atoms. The highest BCUT2D eigenvalue weighted by Gasteiger charge is 2.20. The fourth-order valence-corrected chi connectivity index (χ4v) is 3.65. The second-order valence-electron chi connectivity index (χ2n) is 6.30. The van der Waals surface area contributed by atoms with E-state index in [1.54, 1.807) is 49.1 Å². The quantitative estimate of drug-likeness (QED) is 0.821. The number of thiazole rings is 1. The van der Waals surface area contributed by atoms with E-state index in [9.17, 15) is 9.59 Å². The SMILES string of the molecule is COc1cccc(C(=O)N=c2sccn2[C@H](C)C(=O)NC[C@H]2CCCO2)c1. The third-order valence-electron chi connectivity index (χ3n) is 4.45. The molecule has 0 radical (unpaired) electrons. The predicted molar refractivity (Wildman–Crippen MR) is 102 cm³/mol. The van der Waals surface area contributed by atoms with Gasteiger partial charge in [0.05, 0.1) is 13.2 Å². The van der Waals surface area contributed by atoms with Gasteiger partial charge in [0.2, 0.25) is 5.91 Å². The second-order valence-corrected chi connectivity index (χ2v) is 7.17. The molecule has 0 bridgehead atoms. The number of aromatic nitrogens is 1. The lowest BCUT2D eigenvalue weighted by molar-refractivity contribution is -0.124. The number of amides is 2. The monoisotopic (exact) mass is 389 g/mol. The summed E-state index contributed by atoms with van der Waals surface area (Å²) in [4.78, 5) is 29.6. The molecule has 2 aromatic rings. The van der Waals surface area contributed by atoms with Crippen LogP contribution >= 0.6 is 11.3 Å². The molecular weight excluding hydrogens is 366 g/mol. The van der Waals surface area contributed by atoms with Crippen molar-refractivity contribution in [2.75, 3.05) is 20.3 Å². The predicted octanol–water partition coefficient (Wildman–Crippen LogP) is 2.16. The second kappa shape index (κ2) is 8.96. The third-order valence-corrected chi connectivity index (χ3v) is 5.23. The minimum atomic E-state index is -0.477. The summed E-state index contributed by atoms with van der Waals surface area (Å²) in [6, 6.07) is 6.36. The smallest absolute Gasteiger partial charge is 0.279 e. The number of nitrogens with zero attached hydrogens (tertiary/aromatic N) is 2. The van der Waals surface area contributed by atoms with Crippen LogP contribution in [0.1, 0.15) is 36.2 Å². The lowest BCUT2D eigenvalue weighted by atomic mass is 10.2. The third kappa shape index (κ3) is 4.84. The van der Waals surface area contributed by atoms with Crippen LogP contribution in [0.5, 0.6) is 5.75 Å². The average Bonchev–Trinajstić information content (AvgIpc) is 3.37. The molecule has 1 aliphatic heterocycles. The van der Waals surface area contributed by atoms with Gasteiger partial charge in [-0.15, -0.1) is 11.3 Å².